The summed E-state index contributed by atoms with van der Waals surface area (Å²) in [6.45, 7) is 3.88. The standard InChI is InChI=1S/C20H17N7O2/c1-13-11-14(2)27(26-13)18-7-8-19(25-24-18)29-16-5-3-15(4-6-16)23-20(28)17-12-21-9-10-22-17/h3-12H,1-2H3,(H,23,28). The Balaban J connectivity index is 1.41. The number of nitrogens with one attached hydrogen (secondary N) is 1. The number of amides is 1. The van der Waals surface area contributed by atoms with Crippen molar-refractivity contribution in [2.24, 2.45) is 0 Å². The second kappa shape index (κ2) is 7.85. The van der Waals surface area contributed by atoms with Crippen LogP contribution in [-0.2, 0) is 0 Å². The summed E-state index contributed by atoms with van der Waals surface area (Å²) < 4.78 is 7.43. The monoisotopic (exact) mass is 387 g/mol. The molecule has 0 aliphatic carbocycles. The largest absolute Gasteiger partial charge is 0.438 e. The van der Waals surface area contributed by atoms with Crippen molar-refractivity contribution in [2.45, 2.75) is 13.8 Å². The van der Waals surface area contributed by atoms with Gasteiger partial charge in [-0.15, -0.1) is 10.2 Å². The Morgan fingerprint density at radius 3 is 2.48 bits per heavy atom. The van der Waals surface area contributed by atoms with Gasteiger partial charge in [-0.1, -0.05) is 0 Å². The fourth-order valence-electron chi connectivity index (χ4n) is 2.68. The third kappa shape index (κ3) is 4.24. The average molecular weight is 387 g/mol. The molecular weight excluding hydrogens is 370 g/mol. The number of carbonyl (C=O) groups excluding carboxylic acids is 1. The van der Waals surface area contributed by atoms with Crippen LogP contribution in [0.3, 0.4) is 0 Å². The molecule has 0 saturated carbocycles. The highest BCUT2D eigenvalue weighted by Gasteiger charge is 2.09. The van der Waals surface area contributed by atoms with Crippen LogP contribution in [0, 0.1) is 13.8 Å². The van der Waals surface area contributed by atoms with Crippen LogP contribution in [0.4, 0.5) is 5.69 Å². The van der Waals surface area contributed by atoms with Crippen LogP contribution >= 0.6 is 0 Å². The maximum atomic E-state index is 12.1. The molecule has 3 aromatic heterocycles. The molecule has 1 amide bonds. The molecule has 0 aliphatic rings. The van der Waals surface area contributed by atoms with Gasteiger partial charge in [-0.2, -0.15) is 5.10 Å². The van der Waals surface area contributed by atoms with Crippen molar-refractivity contribution in [1.29, 1.82) is 0 Å². The number of hydrogen-bond donors (Lipinski definition) is 1. The topological polar surface area (TPSA) is 108 Å². The predicted molar refractivity (Wildman–Crippen MR) is 105 cm³/mol. The Morgan fingerprint density at radius 1 is 1.03 bits per heavy atom. The minimum atomic E-state index is -0.336. The zero-order valence-electron chi connectivity index (χ0n) is 15.8. The first-order valence-electron chi connectivity index (χ1n) is 8.81. The van der Waals surface area contributed by atoms with Crippen LogP contribution in [0.15, 0.2) is 61.1 Å². The minimum Gasteiger partial charge on any atom is -0.438 e. The van der Waals surface area contributed by atoms with Crippen molar-refractivity contribution >= 4 is 11.6 Å². The lowest BCUT2D eigenvalue weighted by molar-refractivity contribution is 0.102. The molecule has 1 aromatic carbocycles. The number of benzene rings is 1. The molecule has 9 heteroatoms. The summed E-state index contributed by atoms with van der Waals surface area (Å²) >= 11 is 0. The lowest BCUT2D eigenvalue weighted by atomic mass is 10.3. The summed E-state index contributed by atoms with van der Waals surface area (Å²) in [4.78, 5) is 19.9. The van der Waals surface area contributed by atoms with Crippen molar-refractivity contribution in [3.8, 4) is 17.4 Å². The Labute approximate surface area is 166 Å². The maximum Gasteiger partial charge on any atom is 0.275 e. The maximum absolute atomic E-state index is 12.1. The van der Waals surface area contributed by atoms with Gasteiger partial charge in [-0.05, 0) is 50.2 Å². The summed E-state index contributed by atoms with van der Waals surface area (Å²) in [6.07, 6.45) is 4.38. The summed E-state index contributed by atoms with van der Waals surface area (Å²) in [5, 5.41) is 15.4. The van der Waals surface area contributed by atoms with Gasteiger partial charge in [0.1, 0.15) is 11.4 Å². The van der Waals surface area contributed by atoms with E-state index in [1.807, 2.05) is 19.9 Å². The molecule has 0 bridgehead atoms. The van der Waals surface area contributed by atoms with Gasteiger partial charge in [0.2, 0.25) is 5.88 Å². The van der Waals surface area contributed by atoms with Gasteiger partial charge in [-0.25, -0.2) is 9.67 Å². The molecule has 0 aliphatic heterocycles. The summed E-state index contributed by atoms with van der Waals surface area (Å²) in [7, 11) is 0. The van der Waals surface area contributed by atoms with Crippen LogP contribution in [0.1, 0.15) is 21.9 Å². The Morgan fingerprint density at radius 2 is 1.86 bits per heavy atom. The Bertz CT molecular complexity index is 1120. The van der Waals surface area contributed by atoms with Gasteiger partial charge < -0.3 is 10.1 Å². The van der Waals surface area contributed by atoms with Gasteiger partial charge in [0.15, 0.2) is 5.82 Å². The molecule has 0 radical (unpaired) electrons. The number of rotatable bonds is 5. The van der Waals surface area contributed by atoms with Gasteiger partial charge in [-0.3, -0.25) is 9.78 Å². The summed E-state index contributed by atoms with van der Waals surface area (Å²) in [5.74, 6) is 1.20. The predicted octanol–water partition coefficient (Wildman–Crippen LogP) is 3.11. The number of hydrogen-bond acceptors (Lipinski definition) is 7. The molecular formula is C20H17N7O2. The van der Waals surface area contributed by atoms with E-state index in [0.717, 1.165) is 11.4 Å². The zero-order chi connectivity index (χ0) is 20.2. The molecule has 0 spiro atoms. The first kappa shape index (κ1) is 18.2. The van der Waals surface area contributed by atoms with E-state index in [9.17, 15) is 4.79 Å². The van der Waals surface area contributed by atoms with E-state index in [1.165, 1.54) is 18.6 Å². The second-order valence-corrected chi connectivity index (χ2v) is 6.24. The molecule has 29 heavy (non-hydrogen) atoms. The lowest BCUT2D eigenvalue weighted by Gasteiger charge is -2.08. The van der Waals surface area contributed by atoms with Gasteiger partial charge in [0, 0.05) is 29.8 Å². The number of anilines is 1. The first-order chi connectivity index (χ1) is 14.1. The minimum absolute atomic E-state index is 0.241. The Kier molecular flexibility index (Phi) is 4.93. The van der Waals surface area contributed by atoms with E-state index in [2.05, 4.69) is 30.6 Å². The van der Waals surface area contributed by atoms with E-state index < -0.39 is 0 Å². The molecule has 0 unspecified atom stereocenters. The van der Waals surface area contributed by atoms with E-state index in [0.29, 0.717) is 23.1 Å². The highest BCUT2D eigenvalue weighted by Crippen LogP contribution is 2.22. The molecule has 4 rings (SSSR count). The van der Waals surface area contributed by atoms with Crippen LogP contribution < -0.4 is 10.1 Å². The molecule has 0 fully saturated rings. The molecule has 144 valence electrons. The van der Waals surface area contributed by atoms with E-state index in [-0.39, 0.29) is 11.6 Å². The van der Waals surface area contributed by atoms with Crippen molar-refractivity contribution < 1.29 is 9.53 Å². The third-order valence-electron chi connectivity index (χ3n) is 3.98. The van der Waals surface area contributed by atoms with Crippen molar-refractivity contribution in [3.05, 3.63) is 78.1 Å². The van der Waals surface area contributed by atoms with E-state index >= 15 is 0 Å². The zero-order valence-corrected chi connectivity index (χ0v) is 15.8. The van der Waals surface area contributed by atoms with Crippen molar-refractivity contribution in [1.82, 2.24) is 29.9 Å². The fourth-order valence-corrected chi connectivity index (χ4v) is 2.68. The summed E-state index contributed by atoms with van der Waals surface area (Å²) in [5.41, 5.74) is 2.74. The van der Waals surface area contributed by atoms with E-state index in [1.54, 1.807) is 41.1 Å². The summed E-state index contributed by atoms with van der Waals surface area (Å²) in [6, 6.07) is 12.4. The van der Waals surface area contributed by atoms with E-state index in [4.69, 9.17) is 4.74 Å². The van der Waals surface area contributed by atoms with Crippen LogP contribution in [0.5, 0.6) is 11.6 Å². The molecule has 9 nitrogen and oxygen atoms in total. The number of aryl methyl sites for hydroxylation is 2. The lowest BCUT2D eigenvalue weighted by Crippen LogP contribution is -2.13. The van der Waals surface area contributed by atoms with Crippen molar-refractivity contribution in [2.75, 3.05) is 5.32 Å². The third-order valence-corrected chi connectivity index (χ3v) is 3.98. The fraction of sp³-hybridized carbons (Fsp3) is 0.100. The van der Waals surface area contributed by atoms with Crippen LogP contribution in [0.25, 0.3) is 5.82 Å². The molecule has 0 atom stereocenters. The van der Waals surface area contributed by atoms with Gasteiger partial charge in [0.05, 0.1) is 11.9 Å². The number of aromatic nitrogens is 6. The van der Waals surface area contributed by atoms with Crippen LogP contribution in [-0.4, -0.2) is 35.9 Å². The Hall–Kier alpha value is -4.14. The second-order valence-electron chi connectivity index (χ2n) is 6.24. The highest BCUT2D eigenvalue weighted by molar-refractivity contribution is 6.02. The first-order valence-corrected chi connectivity index (χ1v) is 8.81. The smallest absolute Gasteiger partial charge is 0.275 e. The van der Waals surface area contributed by atoms with Crippen molar-refractivity contribution in [3.63, 3.8) is 0 Å². The highest BCUT2D eigenvalue weighted by atomic mass is 16.5. The van der Waals surface area contributed by atoms with Crippen LogP contribution in [0.2, 0.25) is 0 Å². The molecule has 3 heterocycles. The number of carbonyl (C=O) groups is 1. The quantitative estimate of drug-likeness (QED) is 0.560. The SMILES string of the molecule is Cc1cc(C)n(-c2ccc(Oc3ccc(NC(=O)c4cnccn4)cc3)nn2)n1. The molecule has 4 aromatic rings. The number of nitrogens with zero attached hydrogens (tertiary/aromatic N) is 6. The van der Waals surface area contributed by atoms with Gasteiger partial charge in [0.25, 0.3) is 5.91 Å². The average Bonchev–Trinajstić information content (AvgIpc) is 3.08. The normalized spacial score (nSPS) is 10.6. The number of ether oxygens (including phenoxy) is 1. The van der Waals surface area contributed by atoms with Gasteiger partial charge >= 0.3 is 0 Å². The molecule has 0 saturated heterocycles. The molecule has 1 N–H and O–H groups in total.